The first-order valence-electron chi connectivity index (χ1n) is 10.0. The number of hydrogen-bond donors (Lipinski definition) is 1. The Balaban J connectivity index is 2.14. The van der Waals surface area contributed by atoms with Crippen molar-refractivity contribution in [3.8, 4) is 0 Å². The lowest BCUT2D eigenvalue weighted by atomic mass is 9.97. The Labute approximate surface area is 173 Å². The van der Waals surface area contributed by atoms with Crippen LogP contribution in [0.25, 0.3) is 0 Å². The van der Waals surface area contributed by atoms with E-state index >= 15 is 0 Å². The van der Waals surface area contributed by atoms with E-state index in [1.807, 2.05) is 41.5 Å². The van der Waals surface area contributed by atoms with Crippen LogP contribution >= 0.6 is 0 Å². The first kappa shape index (κ1) is 22.8. The number of nitrogens with zero attached hydrogens (tertiary/aromatic N) is 3. The van der Waals surface area contributed by atoms with Crippen molar-refractivity contribution in [2.45, 2.75) is 65.6 Å². The molecule has 2 N–H and O–H groups in total. The van der Waals surface area contributed by atoms with E-state index in [2.05, 4.69) is 4.98 Å². The maximum Gasteiger partial charge on any atom is 0.414 e. The number of pyridine rings is 1. The van der Waals surface area contributed by atoms with E-state index in [1.54, 1.807) is 28.1 Å². The molecule has 1 unspecified atom stereocenters. The first-order chi connectivity index (χ1) is 13.3. The van der Waals surface area contributed by atoms with Crippen molar-refractivity contribution in [1.82, 2.24) is 9.88 Å². The van der Waals surface area contributed by atoms with Gasteiger partial charge in [0, 0.05) is 19.6 Å². The lowest BCUT2D eigenvalue weighted by Crippen LogP contribution is -2.47. The maximum absolute atomic E-state index is 12.9. The Morgan fingerprint density at radius 3 is 2.38 bits per heavy atom. The molecule has 2 heterocycles. The topological polar surface area (TPSA) is 98.0 Å². The average Bonchev–Trinajstić information content (AvgIpc) is 2.58. The Morgan fingerprint density at radius 2 is 1.83 bits per heavy atom. The fourth-order valence-electron chi connectivity index (χ4n) is 3.12. The molecule has 1 aliphatic rings. The van der Waals surface area contributed by atoms with Crippen LogP contribution in [0, 0.1) is 5.92 Å². The summed E-state index contributed by atoms with van der Waals surface area (Å²) in [6.45, 7) is 12.6. The Bertz CT molecular complexity index is 707. The molecular weight excluding hydrogens is 372 g/mol. The molecule has 162 valence electrons. The van der Waals surface area contributed by atoms with Gasteiger partial charge in [-0.15, -0.1) is 0 Å². The molecule has 0 saturated carbocycles. The zero-order valence-corrected chi connectivity index (χ0v) is 18.4. The minimum absolute atomic E-state index is 0.0985. The lowest BCUT2D eigenvalue weighted by molar-refractivity contribution is 0.0168. The van der Waals surface area contributed by atoms with Gasteiger partial charge in [-0.05, 0) is 72.4 Å². The summed E-state index contributed by atoms with van der Waals surface area (Å²) in [6, 6.07) is 3.40. The normalized spacial score (nSPS) is 17.6. The molecule has 8 heteroatoms. The van der Waals surface area contributed by atoms with Gasteiger partial charge in [0.05, 0.1) is 11.9 Å². The van der Waals surface area contributed by atoms with Crippen molar-refractivity contribution >= 4 is 23.7 Å². The van der Waals surface area contributed by atoms with Crippen molar-refractivity contribution in [3.05, 3.63) is 18.3 Å². The molecule has 2 amide bonds. The Morgan fingerprint density at radius 1 is 1.17 bits per heavy atom. The monoisotopic (exact) mass is 406 g/mol. The predicted molar refractivity (Wildman–Crippen MR) is 113 cm³/mol. The van der Waals surface area contributed by atoms with Crippen LogP contribution < -0.4 is 10.6 Å². The van der Waals surface area contributed by atoms with Crippen LogP contribution in [0.5, 0.6) is 0 Å². The van der Waals surface area contributed by atoms with Gasteiger partial charge in [0.2, 0.25) is 0 Å². The number of hydrogen-bond acceptors (Lipinski definition) is 6. The van der Waals surface area contributed by atoms with Gasteiger partial charge in [0.25, 0.3) is 0 Å². The number of ether oxygens (including phenoxy) is 2. The third-order valence-electron chi connectivity index (χ3n) is 4.31. The molecule has 0 spiro atoms. The highest BCUT2D eigenvalue weighted by molar-refractivity contribution is 5.87. The summed E-state index contributed by atoms with van der Waals surface area (Å²) in [4.78, 5) is 32.7. The summed E-state index contributed by atoms with van der Waals surface area (Å²) in [5, 5.41) is 0. The summed E-state index contributed by atoms with van der Waals surface area (Å²) in [5.74, 6) is 0.480. The number of nitrogen functional groups attached to an aromatic ring is 1. The van der Waals surface area contributed by atoms with E-state index in [0.29, 0.717) is 31.1 Å². The van der Waals surface area contributed by atoms with Gasteiger partial charge >= 0.3 is 12.2 Å². The number of carbonyl (C=O) groups is 2. The fraction of sp³-hybridized carbons (Fsp3) is 0.667. The highest BCUT2D eigenvalue weighted by Gasteiger charge is 2.31. The van der Waals surface area contributed by atoms with E-state index in [-0.39, 0.29) is 12.0 Å². The second kappa shape index (κ2) is 8.88. The summed E-state index contributed by atoms with van der Waals surface area (Å²) >= 11 is 0. The van der Waals surface area contributed by atoms with Crippen LogP contribution in [0.3, 0.4) is 0 Å². The Kier molecular flexibility index (Phi) is 6.97. The Hall–Kier alpha value is -2.51. The summed E-state index contributed by atoms with van der Waals surface area (Å²) in [7, 11) is 0. The molecule has 0 aliphatic carbocycles. The molecule has 1 fully saturated rings. The standard InChI is InChI=1S/C21H34N4O4/c1-20(2,3)28-18(26)24-11-7-8-15(13-24)14-25(19(27)29-21(4,5)6)16-9-10-17(22)23-12-16/h9-10,12,15H,7-8,11,13-14H2,1-6H3,(H2,22,23). The van der Waals surface area contributed by atoms with E-state index in [0.717, 1.165) is 12.8 Å². The van der Waals surface area contributed by atoms with E-state index in [1.165, 1.54) is 0 Å². The SMILES string of the molecule is CC(C)(C)OC(=O)N1CCCC(CN(C(=O)OC(C)(C)C)c2ccc(N)nc2)C1. The molecular formula is C21H34N4O4. The van der Waals surface area contributed by atoms with Gasteiger partial charge in [0.1, 0.15) is 17.0 Å². The number of piperidine rings is 1. The van der Waals surface area contributed by atoms with Crippen LogP contribution in [-0.2, 0) is 9.47 Å². The summed E-state index contributed by atoms with van der Waals surface area (Å²) in [6.07, 6.45) is 2.56. The zero-order valence-electron chi connectivity index (χ0n) is 18.4. The molecule has 1 aromatic heterocycles. The number of likely N-dealkylation sites (tertiary alicyclic amines) is 1. The molecule has 0 radical (unpaired) electrons. The molecule has 1 atom stereocenters. The first-order valence-corrected chi connectivity index (χ1v) is 10.0. The summed E-state index contributed by atoms with van der Waals surface area (Å²) in [5.41, 5.74) is 5.14. The van der Waals surface area contributed by atoms with Crippen molar-refractivity contribution in [3.63, 3.8) is 0 Å². The number of carbonyl (C=O) groups excluding carboxylic acids is 2. The van der Waals surface area contributed by atoms with Gasteiger partial charge in [-0.25, -0.2) is 14.6 Å². The van der Waals surface area contributed by atoms with Gasteiger partial charge in [-0.1, -0.05) is 0 Å². The number of nitrogens with two attached hydrogens (primary N) is 1. The highest BCUT2D eigenvalue weighted by Crippen LogP contribution is 2.25. The maximum atomic E-state index is 12.9. The quantitative estimate of drug-likeness (QED) is 0.813. The van der Waals surface area contributed by atoms with Crippen LogP contribution in [0.15, 0.2) is 18.3 Å². The fourth-order valence-corrected chi connectivity index (χ4v) is 3.12. The van der Waals surface area contributed by atoms with Crippen molar-refractivity contribution in [2.75, 3.05) is 30.3 Å². The molecule has 1 aliphatic heterocycles. The molecule has 29 heavy (non-hydrogen) atoms. The molecule has 8 nitrogen and oxygen atoms in total. The van der Waals surface area contributed by atoms with Gasteiger partial charge in [-0.2, -0.15) is 0 Å². The summed E-state index contributed by atoms with van der Waals surface area (Å²) < 4.78 is 11.1. The second-order valence-corrected chi connectivity index (χ2v) is 9.47. The second-order valence-electron chi connectivity index (χ2n) is 9.47. The average molecular weight is 407 g/mol. The minimum Gasteiger partial charge on any atom is -0.444 e. The number of amides is 2. The minimum atomic E-state index is -0.619. The van der Waals surface area contributed by atoms with E-state index in [4.69, 9.17) is 15.2 Å². The van der Waals surface area contributed by atoms with E-state index in [9.17, 15) is 9.59 Å². The van der Waals surface area contributed by atoms with Crippen molar-refractivity contribution < 1.29 is 19.1 Å². The number of aromatic nitrogens is 1. The largest absolute Gasteiger partial charge is 0.444 e. The predicted octanol–water partition coefficient (Wildman–Crippen LogP) is 4.05. The van der Waals surface area contributed by atoms with Crippen LogP contribution in [0.1, 0.15) is 54.4 Å². The third kappa shape index (κ3) is 7.44. The molecule has 0 bridgehead atoms. The van der Waals surface area contributed by atoms with Gasteiger partial charge < -0.3 is 20.1 Å². The van der Waals surface area contributed by atoms with E-state index < -0.39 is 17.3 Å². The lowest BCUT2D eigenvalue weighted by Gasteiger charge is -2.36. The molecule has 2 rings (SSSR count). The number of rotatable bonds is 3. The van der Waals surface area contributed by atoms with Crippen molar-refractivity contribution in [2.24, 2.45) is 5.92 Å². The third-order valence-corrected chi connectivity index (χ3v) is 4.31. The van der Waals surface area contributed by atoms with Crippen LogP contribution in [-0.4, -0.2) is 52.9 Å². The van der Waals surface area contributed by atoms with Gasteiger partial charge in [0.15, 0.2) is 0 Å². The smallest absolute Gasteiger partial charge is 0.414 e. The number of anilines is 2. The van der Waals surface area contributed by atoms with Crippen molar-refractivity contribution in [1.29, 1.82) is 0 Å². The van der Waals surface area contributed by atoms with Crippen LogP contribution in [0.4, 0.5) is 21.1 Å². The molecule has 1 aromatic rings. The van der Waals surface area contributed by atoms with Gasteiger partial charge in [-0.3, -0.25) is 4.90 Å². The molecule has 0 aromatic carbocycles. The van der Waals surface area contributed by atoms with Crippen LogP contribution in [0.2, 0.25) is 0 Å². The highest BCUT2D eigenvalue weighted by atomic mass is 16.6. The zero-order chi connectivity index (χ0) is 21.8. The molecule has 1 saturated heterocycles.